The predicted octanol–water partition coefficient (Wildman–Crippen LogP) is 12.5. The van der Waals surface area contributed by atoms with Crippen LogP contribution in [-0.4, -0.2) is 43.0 Å². The van der Waals surface area contributed by atoms with Crippen molar-refractivity contribution < 1.29 is 48.4 Å². The topological polar surface area (TPSA) is 198 Å². The van der Waals surface area contributed by atoms with Gasteiger partial charge in [0.25, 0.3) is 0 Å². The Kier molecular flexibility index (Phi) is 15.7. The molecule has 70 heavy (non-hydrogen) atoms. The summed E-state index contributed by atoms with van der Waals surface area (Å²) >= 11 is 0. The molecule has 0 spiro atoms. The minimum Gasteiger partial charge on any atom is -0.507 e. The van der Waals surface area contributed by atoms with E-state index in [1.807, 2.05) is 13.8 Å². The lowest BCUT2D eigenvalue weighted by Crippen LogP contribution is -2.16. The molecule has 8 bridgehead atoms. The van der Waals surface area contributed by atoms with Gasteiger partial charge in [-0.15, -0.1) is 0 Å². The maximum absolute atomic E-state index is 13.2. The monoisotopic (exact) mass is 990 g/mol. The summed E-state index contributed by atoms with van der Waals surface area (Å²) in [6, 6.07) is 32.1. The summed E-state index contributed by atoms with van der Waals surface area (Å²) in [5.41, 5.74) is 7.80. The smallest absolute Gasteiger partial charge is 0.352 e. The van der Waals surface area contributed by atoms with E-state index in [9.17, 15) is 38.9 Å². The van der Waals surface area contributed by atoms with Crippen LogP contribution in [0.2, 0.25) is 0 Å². The molecule has 0 heterocycles. The summed E-state index contributed by atoms with van der Waals surface area (Å²) in [5, 5.41) is 31.2. The molecule has 0 aliphatic heterocycles. The summed E-state index contributed by atoms with van der Waals surface area (Å²) in [4.78, 5) is 43.1. The summed E-state index contributed by atoms with van der Waals surface area (Å²) < 4.78 is 40.0. The van der Waals surface area contributed by atoms with Crippen LogP contribution in [0, 0.1) is 0 Å². The molecule has 0 aromatic heterocycles. The first kappa shape index (κ1) is 52.2. The van der Waals surface area contributed by atoms with Crippen molar-refractivity contribution >= 4 is 26.6 Å². The lowest BCUT2D eigenvalue weighted by Gasteiger charge is -2.28. The van der Waals surface area contributed by atoms with Gasteiger partial charge in [0, 0.05) is 59.3 Å². The molecule has 7 rings (SSSR count). The van der Waals surface area contributed by atoms with Crippen molar-refractivity contribution in [3.63, 3.8) is 0 Å². The average molecular weight is 991 g/mol. The molecular weight excluding hydrogens is 923 g/mol. The van der Waals surface area contributed by atoms with Crippen LogP contribution in [0.5, 0.6) is 23.0 Å². The molecule has 2 atom stereocenters. The van der Waals surface area contributed by atoms with Crippen molar-refractivity contribution in [3.05, 3.63) is 176 Å². The molecule has 0 amide bonds. The van der Waals surface area contributed by atoms with E-state index in [1.54, 1.807) is 84.9 Å². The van der Waals surface area contributed by atoms with Crippen LogP contribution in [-0.2, 0) is 45.6 Å². The number of benzene rings is 6. The van der Waals surface area contributed by atoms with Crippen LogP contribution in [0.4, 0.5) is 11.4 Å². The van der Waals surface area contributed by atoms with Crippen LogP contribution in [0.15, 0.2) is 109 Å². The molecule has 0 saturated heterocycles. The Bertz CT molecular complexity index is 2720. The fourth-order valence-electron chi connectivity index (χ4n) is 9.04. The molecule has 372 valence electrons. The second-order valence-corrected chi connectivity index (χ2v) is 23.9. The predicted molar refractivity (Wildman–Crippen MR) is 279 cm³/mol. The van der Waals surface area contributed by atoms with Gasteiger partial charge in [0.15, 0.2) is 11.6 Å². The van der Waals surface area contributed by atoms with E-state index in [-0.39, 0.29) is 41.6 Å². The number of anilines is 2. The van der Waals surface area contributed by atoms with Crippen LogP contribution in [0.1, 0.15) is 147 Å². The highest BCUT2D eigenvalue weighted by Crippen LogP contribution is 2.54. The molecule has 6 aromatic rings. The van der Waals surface area contributed by atoms with Crippen molar-refractivity contribution in [2.75, 3.05) is 23.8 Å². The number of nitrogens with one attached hydrogen (secondary N) is 2. The number of phenolic OH excluding ortho intramolecular Hbond substituents is 2. The van der Waals surface area contributed by atoms with Crippen molar-refractivity contribution in [1.82, 2.24) is 0 Å². The maximum Gasteiger partial charge on any atom is 0.352 e. The van der Waals surface area contributed by atoms with Gasteiger partial charge in [0.05, 0.1) is 13.2 Å². The quantitative estimate of drug-likeness (QED) is 0.0380. The van der Waals surface area contributed by atoms with Gasteiger partial charge in [0.2, 0.25) is 0 Å². The van der Waals surface area contributed by atoms with Crippen LogP contribution < -0.4 is 20.1 Å². The Morgan fingerprint density at radius 1 is 0.486 bits per heavy atom. The Morgan fingerprint density at radius 2 is 0.771 bits per heavy atom. The minimum absolute atomic E-state index is 0.0961. The zero-order chi connectivity index (χ0) is 50.8. The first-order valence-corrected chi connectivity index (χ1v) is 27.3. The van der Waals surface area contributed by atoms with Gasteiger partial charge >= 0.3 is 15.2 Å². The first-order valence-electron chi connectivity index (χ1n) is 24.0. The van der Waals surface area contributed by atoms with Gasteiger partial charge in [-0.3, -0.25) is 9.13 Å². The average Bonchev–Trinajstić information content (AvgIpc) is 3.28. The maximum atomic E-state index is 13.2. The Morgan fingerprint density at radius 3 is 1.04 bits per heavy atom. The number of phenols is 2. The molecule has 0 radical (unpaired) electrons. The van der Waals surface area contributed by atoms with E-state index < -0.39 is 26.8 Å². The van der Waals surface area contributed by atoms with E-state index in [0.29, 0.717) is 75.9 Å². The van der Waals surface area contributed by atoms with Gasteiger partial charge < -0.3 is 49.9 Å². The third kappa shape index (κ3) is 12.3. The molecule has 6 aromatic carbocycles. The number of ether oxygens (including phenoxy) is 2. The third-order valence-corrected chi connectivity index (χ3v) is 14.9. The van der Waals surface area contributed by atoms with E-state index in [1.165, 1.54) is 0 Å². The summed E-state index contributed by atoms with van der Waals surface area (Å²) in [7, 11) is -9.67. The highest BCUT2D eigenvalue weighted by Gasteiger charge is 2.33. The fraction of sp³-hybridized carbons (Fsp3) is 0.357. The highest BCUT2D eigenvalue weighted by molar-refractivity contribution is 7.52. The second-order valence-electron chi connectivity index (χ2n) is 20.5. The molecule has 1 aliphatic rings. The van der Waals surface area contributed by atoms with Gasteiger partial charge in [-0.1, -0.05) is 140 Å². The Hall–Kier alpha value is -5.58. The number of fused-ring (bicyclic) bond motifs is 8. The summed E-state index contributed by atoms with van der Waals surface area (Å²) in [6.07, 6.45) is 2.10. The van der Waals surface area contributed by atoms with Crippen molar-refractivity contribution in [2.45, 2.75) is 116 Å². The molecule has 12 nitrogen and oxygen atoms in total. The molecule has 0 saturated carbocycles. The highest BCUT2D eigenvalue weighted by atomic mass is 31.2. The zero-order valence-corrected chi connectivity index (χ0v) is 43.2. The number of hydrogen-bond acceptors (Lipinski definition) is 8. The number of rotatable bonds is 14. The molecule has 0 unspecified atom stereocenters. The van der Waals surface area contributed by atoms with E-state index in [2.05, 4.69) is 76.4 Å². The van der Waals surface area contributed by atoms with Crippen molar-refractivity contribution in [3.8, 4) is 23.0 Å². The van der Waals surface area contributed by atoms with Crippen LogP contribution in [0.25, 0.3) is 0 Å². The zero-order valence-electron chi connectivity index (χ0n) is 41.4. The first-order chi connectivity index (χ1) is 32.9. The van der Waals surface area contributed by atoms with Crippen LogP contribution in [0.3, 0.4) is 0 Å². The molecule has 14 heteroatoms. The second kappa shape index (κ2) is 21.0. The van der Waals surface area contributed by atoms with Gasteiger partial charge in [0.1, 0.15) is 23.0 Å². The Labute approximate surface area is 412 Å². The molecule has 8 N–H and O–H groups in total. The van der Waals surface area contributed by atoms with E-state index in [4.69, 9.17) is 9.47 Å². The lowest BCUT2D eigenvalue weighted by atomic mass is 9.81. The standard InChI is InChI=1S/C56H68N2O10P2/c1-9-21-67-51-41-24-39-33-47(57-53(69(61,62)63)35-17-13-11-14-18-35)31-37(49(39)59)23-38-32-48(58-54(70(64,65)66)36-19-15-12-16-20-36)34-40(50(38)60)25-42-28-46(56(6,7)8)30-44(52(42)68-22-10-2)26-43(51)29-45(27-41)55(3,4)5/h11-20,27-34,53-54,57-60H,9-10,21-26H2,1-8H3,(H2,61,62,63)(H2,64,65,66)/t53-,54-/m1/s1. The van der Waals surface area contributed by atoms with Gasteiger partial charge in [-0.25, -0.2) is 0 Å². The summed E-state index contributed by atoms with van der Waals surface area (Å²) in [5.74, 6) is -1.72. The largest absolute Gasteiger partial charge is 0.507 e. The summed E-state index contributed by atoms with van der Waals surface area (Å²) in [6.45, 7) is 17.9. The van der Waals surface area contributed by atoms with Crippen molar-refractivity contribution in [1.29, 1.82) is 0 Å². The minimum atomic E-state index is -4.84. The van der Waals surface area contributed by atoms with Gasteiger partial charge in [-0.2, -0.15) is 0 Å². The molecule has 1 aliphatic carbocycles. The number of aromatic hydroxyl groups is 2. The van der Waals surface area contributed by atoms with Crippen LogP contribution >= 0.6 is 15.2 Å². The molecular formula is C56H68N2O10P2. The number of hydrogen-bond donors (Lipinski definition) is 8. The SMILES string of the molecule is CCCOc1c2cc(C(C)(C)C)cc1Cc1cc(C(C)(C)C)cc(c1OCCC)Cc1cc(N[C@@H](c3ccccc3)P(=O)(O)O)cc(c1O)Cc1cc(N[C@@H](c3ccccc3)P(=O)(O)O)cc(c1O)C2. The lowest BCUT2D eigenvalue weighted by molar-refractivity contribution is 0.307. The van der Waals surface area contributed by atoms with E-state index in [0.717, 1.165) is 46.2 Å². The van der Waals surface area contributed by atoms with E-state index >= 15 is 0 Å². The molecule has 0 fully saturated rings. The normalized spacial score (nSPS) is 14.1. The third-order valence-electron chi connectivity index (χ3n) is 12.7. The fourth-order valence-corrected chi connectivity index (χ4v) is 10.8. The van der Waals surface area contributed by atoms with Gasteiger partial charge in [-0.05, 0) is 92.4 Å². The van der Waals surface area contributed by atoms with Crippen molar-refractivity contribution in [2.24, 2.45) is 0 Å². The Balaban J connectivity index is 1.55.